The van der Waals surface area contributed by atoms with E-state index in [0.29, 0.717) is 5.91 Å². The fourth-order valence-corrected chi connectivity index (χ4v) is 5.80. The maximum absolute atomic E-state index is 12.6. The average Bonchev–Trinajstić information content (AvgIpc) is 3.57. The quantitative estimate of drug-likeness (QED) is 0.858. The second-order valence-corrected chi connectivity index (χ2v) is 9.62. The van der Waals surface area contributed by atoms with Gasteiger partial charge in [-0.25, -0.2) is 0 Å². The van der Waals surface area contributed by atoms with Gasteiger partial charge in [0.25, 0.3) is 0 Å². The summed E-state index contributed by atoms with van der Waals surface area (Å²) in [7, 11) is 0. The van der Waals surface area contributed by atoms with Crippen molar-refractivity contribution >= 4 is 11.6 Å². The fraction of sp³-hybridized carbons (Fsp3) is 0.708. The van der Waals surface area contributed by atoms with Crippen molar-refractivity contribution in [1.29, 1.82) is 0 Å². The van der Waals surface area contributed by atoms with Gasteiger partial charge in [0.15, 0.2) is 0 Å². The maximum Gasteiger partial charge on any atom is 0.230 e. The number of carbonyl (C=O) groups excluding carboxylic acids is 1. The van der Waals surface area contributed by atoms with Gasteiger partial charge in [0.1, 0.15) is 0 Å². The molecule has 2 saturated carbocycles. The molecule has 3 fully saturated rings. The first-order chi connectivity index (χ1) is 13.7. The maximum atomic E-state index is 12.6. The van der Waals surface area contributed by atoms with E-state index in [1.54, 1.807) is 0 Å². The summed E-state index contributed by atoms with van der Waals surface area (Å²) in [4.78, 5) is 17.1. The van der Waals surface area contributed by atoms with E-state index in [2.05, 4.69) is 23.1 Å². The summed E-state index contributed by atoms with van der Waals surface area (Å²) in [5.74, 6) is 2.35. The molecule has 0 spiro atoms. The van der Waals surface area contributed by atoms with Crippen LogP contribution in [0.4, 0.5) is 5.69 Å². The van der Waals surface area contributed by atoms with Gasteiger partial charge < -0.3 is 14.9 Å². The van der Waals surface area contributed by atoms with E-state index < -0.39 is 6.10 Å². The Hall–Kier alpha value is -1.39. The molecule has 2 heterocycles. The molecule has 0 radical (unpaired) electrons. The van der Waals surface area contributed by atoms with Crippen molar-refractivity contribution in [1.82, 2.24) is 4.90 Å². The van der Waals surface area contributed by atoms with E-state index in [-0.39, 0.29) is 5.92 Å². The lowest BCUT2D eigenvalue weighted by Crippen LogP contribution is -2.43. The Kier molecular flexibility index (Phi) is 5.18. The zero-order valence-corrected chi connectivity index (χ0v) is 17.0. The Morgan fingerprint density at radius 3 is 2.68 bits per heavy atom. The number of aryl methyl sites for hydroxylation is 1. The van der Waals surface area contributed by atoms with Crippen LogP contribution < -0.4 is 4.90 Å². The number of piperidine rings is 1. The molecule has 1 amide bonds. The largest absolute Gasteiger partial charge is 0.387 e. The van der Waals surface area contributed by atoms with Crippen molar-refractivity contribution in [2.75, 3.05) is 31.1 Å². The molecule has 4 nitrogen and oxygen atoms in total. The van der Waals surface area contributed by atoms with Gasteiger partial charge in [0.2, 0.25) is 5.91 Å². The number of carbonyl (C=O) groups is 1. The first kappa shape index (κ1) is 18.6. The molecule has 0 aromatic heterocycles. The van der Waals surface area contributed by atoms with E-state index in [4.69, 9.17) is 0 Å². The lowest BCUT2D eigenvalue weighted by Gasteiger charge is -2.42. The van der Waals surface area contributed by atoms with E-state index in [1.165, 1.54) is 37.7 Å². The number of amides is 1. The van der Waals surface area contributed by atoms with Crippen LogP contribution in [0.2, 0.25) is 0 Å². The number of benzene rings is 1. The standard InChI is InChI=1S/C24H34N2O2/c27-23(16-25-13-11-17-4-1-2-5-21(17)15-25)20-9-10-22-19(14-20)6-3-12-26(22)24(28)18-7-8-18/h9-10,14,17-18,21,23,27H,1-8,11-13,15-16H2/t17-,21-,23-/m1/s1. The first-order valence-corrected chi connectivity index (χ1v) is 11.5. The van der Waals surface area contributed by atoms with Crippen LogP contribution in [0.25, 0.3) is 0 Å². The lowest BCUT2D eigenvalue weighted by molar-refractivity contribution is -0.119. The van der Waals surface area contributed by atoms with Crippen molar-refractivity contribution in [3.8, 4) is 0 Å². The summed E-state index contributed by atoms with van der Waals surface area (Å²) in [5.41, 5.74) is 3.34. The molecule has 1 aromatic rings. The highest BCUT2D eigenvalue weighted by Crippen LogP contribution is 2.38. The summed E-state index contributed by atoms with van der Waals surface area (Å²) in [6.07, 6.45) is 10.6. The molecule has 3 atom stereocenters. The number of rotatable bonds is 4. The highest BCUT2D eigenvalue weighted by Gasteiger charge is 2.36. The van der Waals surface area contributed by atoms with Crippen LogP contribution >= 0.6 is 0 Å². The van der Waals surface area contributed by atoms with Gasteiger partial charge in [-0.15, -0.1) is 0 Å². The predicted octanol–water partition coefficient (Wildman–Crippen LogP) is 3.92. The molecular formula is C24H34N2O2. The van der Waals surface area contributed by atoms with Crippen LogP contribution in [0.3, 0.4) is 0 Å². The number of likely N-dealkylation sites (tertiary alicyclic amines) is 1. The Labute approximate surface area is 168 Å². The smallest absolute Gasteiger partial charge is 0.230 e. The van der Waals surface area contributed by atoms with Gasteiger partial charge in [-0.1, -0.05) is 31.4 Å². The summed E-state index contributed by atoms with van der Waals surface area (Å²) in [6, 6.07) is 6.30. The number of nitrogens with zero attached hydrogens (tertiary/aromatic N) is 2. The van der Waals surface area contributed by atoms with Crippen LogP contribution in [-0.2, 0) is 11.2 Å². The van der Waals surface area contributed by atoms with Gasteiger partial charge in [-0.05, 0) is 74.1 Å². The summed E-state index contributed by atoms with van der Waals surface area (Å²) in [6.45, 7) is 3.89. The zero-order chi connectivity index (χ0) is 19.1. The van der Waals surface area contributed by atoms with Gasteiger partial charge in [-0.2, -0.15) is 0 Å². The van der Waals surface area contributed by atoms with Gasteiger partial charge in [0, 0.05) is 31.2 Å². The molecule has 4 heteroatoms. The van der Waals surface area contributed by atoms with Gasteiger partial charge >= 0.3 is 0 Å². The molecule has 152 valence electrons. The molecule has 2 aliphatic heterocycles. The van der Waals surface area contributed by atoms with Crippen molar-refractivity contribution in [2.24, 2.45) is 17.8 Å². The number of aliphatic hydroxyl groups is 1. The Morgan fingerprint density at radius 2 is 1.86 bits per heavy atom. The third-order valence-electron chi connectivity index (χ3n) is 7.61. The molecule has 4 aliphatic rings. The molecule has 5 rings (SSSR count). The normalized spacial score (nSPS) is 29.1. The Morgan fingerprint density at radius 1 is 1.04 bits per heavy atom. The zero-order valence-electron chi connectivity index (χ0n) is 17.0. The third-order valence-corrected chi connectivity index (χ3v) is 7.61. The van der Waals surface area contributed by atoms with Crippen LogP contribution in [0, 0.1) is 17.8 Å². The van der Waals surface area contributed by atoms with E-state index in [1.807, 2.05) is 4.90 Å². The summed E-state index contributed by atoms with van der Waals surface area (Å²) < 4.78 is 0. The van der Waals surface area contributed by atoms with E-state index >= 15 is 0 Å². The number of fused-ring (bicyclic) bond motifs is 2. The van der Waals surface area contributed by atoms with Crippen molar-refractivity contribution in [3.63, 3.8) is 0 Å². The molecular weight excluding hydrogens is 348 g/mol. The highest BCUT2D eigenvalue weighted by molar-refractivity contribution is 5.97. The third kappa shape index (κ3) is 3.73. The minimum atomic E-state index is -0.431. The van der Waals surface area contributed by atoms with Crippen LogP contribution in [-0.4, -0.2) is 42.1 Å². The fourth-order valence-electron chi connectivity index (χ4n) is 5.80. The topological polar surface area (TPSA) is 43.8 Å². The molecule has 2 aliphatic carbocycles. The molecule has 28 heavy (non-hydrogen) atoms. The molecule has 1 N–H and O–H groups in total. The van der Waals surface area contributed by atoms with E-state index in [9.17, 15) is 9.90 Å². The lowest BCUT2D eigenvalue weighted by atomic mass is 9.75. The average molecular weight is 383 g/mol. The van der Waals surface area contributed by atoms with Gasteiger partial charge in [0.05, 0.1) is 6.10 Å². The van der Waals surface area contributed by atoms with Gasteiger partial charge in [-0.3, -0.25) is 4.79 Å². The minimum absolute atomic E-state index is 0.263. The first-order valence-electron chi connectivity index (χ1n) is 11.5. The van der Waals surface area contributed by atoms with Crippen molar-refractivity contribution in [3.05, 3.63) is 29.3 Å². The number of β-amino-alcohol motifs (C(OH)–C–C–N with tert-alkyl or cyclic N) is 1. The monoisotopic (exact) mass is 382 g/mol. The second kappa shape index (κ2) is 7.79. The molecule has 1 saturated heterocycles. The SMILES string of the molecule is O=C(C1CC1)N1CCCc2cc([C@H](O)CN3CC[C@H]4CCCC[C@@H]4C3)ccc21. The molecule has 1 aromatic carbocycles. The minimum Gasteiger partial charge on any atom is -0.387 e. The highest BCUT2D eigenvalue weighted by atomic mass is 16.3. The van der Waals surface area contributed by atoms with Crippen LogP contribution in [0.15, 0.2) is 18.2 Å². The predicted molar refractivity (Wildman–Crippen MR) is 111 cm³/mol. The second-order valence-electron chi connectivity index (χ2n) is 9.62. The molecule has 0 bridgehead atoms. The number of aliphatic hydroxyl groups excluding tert-OH is 1. The Balaban J connectivity index is 1.25. The summed E-state index contributed by atoms with van der Waals surface area (Å²) in [5, 5.41) is 10.9. The number of anilines is 1. The summed E-state index contributed by atoms with van der Waals surface area (Å²) >= 11 is 0. The Bertz CT molecular complexity index is 729. The molecule has 0 unspecified atom stereocenters. The van der Waals surface area contributed by atoms with Crippen molar-refractivity contribution < 1.29 is 9.90 Å². The number of hydrogen-bond acceptors (Lipinski definition) is 3. The van der Waals surface area contributed by atoms with Crippen LogP contribution in [0.5, 0.6) is 0 Å². The van der Waals surface area contributed by atoms with Crippen LogP contribution in [0.1, 0.15) is 68.6 Å². The van der Waals surface area contributed by atoms with E-state index in [0.717, 1.165) is 74.9 Å². The van der Waals surface area contributed by atoms with Crippen molar-refractivity contribution in [2.45, 2.75) is 63.9 Å². The number of hydrogen-bond donors (Lipinski definition) is 1.